The molecule has 2 rings (SSSR count). The van der Waals surface area contributed by atoms with E-state index in [9.17, 15) is 0 Å². The fraction of sp³-hybridized carbons (Fsp3) is 0.857. The highest BCUT2D eigenvalue weighted by Crippen LogP contribution is 2.25. The predicted octanol–water partition coefficient (Wildman–Crippen LogP) is 0.537. The molecule has 74 valence electrons. The van der Waals surface area contributed by atoms with Gasteiger partial charge in [-0.05, 0) is 36.1 Å². The summed E-state index contributed by atoms with van der Waals surface area (Å²) >= 11 is 0. The Morgan fingerprint density at radius 3 is 2.46 bits per heavy atom. The lowest BCUT2D eigenvalue weighted by molar-refractivity contribution is 0.300. The van der Waals surface area contributed by atoms with Crippen LogP contribution in [0.15, 0.2) is 6.33 Å². The highest BCUT2D eigenvalue weighted by Gasteiger charge is 2.20. The molecular formula is C7H14ClN5. The Bertz CT molecular complexity index is 229. The summed E-state index contributed by atoms with van der Waals surface area (Å²) < 4.78 is 1.84. The first-order chi connectivity index (χ1) is 5.86. The maximum atomic E-state index is 5.79. The number of nitrogens with zero attached hydrogens (tertiary/aromatic N) is 4. The second-order valence-corrected chi connectivity index (χ2v) is 3.36. The van der Waals surface area contributed by atoms with E-state index in [1.54, 1.807) is 6.33 Å². The standard InChI is InChI=1S/C7H13N5.ClH/c8-6-1-3-7(4-2-6)12-5-9-10-11-12;/h5-7H,1-4,8H2;1H/t6-,7-;. The summed E-state index contributed by atoms with van der Waals surface area (Å²) in [5, 5.41) is 11.1. The number of hydrogen-bond acceptors (Lipinski definition) is 4. The van der Waals surface area contributed by atoms with Crippen molar-refractivity contribution in [2.45, 2.75) is 37.8 Å². The average molecular weight is 204 g/mol. The van der Waals surface area contributed by atoms with E-state index in [0.29, 0.717) is 12.1 Å². The Morgan fingerprint density at radius 1 is 1.23 bits per heavy atom. The summed E-state index contributed by atoms with van der Waals surface area (Å²) in [5.74, 6) is 0. The SMILES string of the molecule is Cl.N[C@H]1CC[C@H](n2cnnn2)CC1. The van der Waals surface area contributed by atoms with Gasteiger partial charge in [0.05, 0.1) is 6.04 Å². The number of halogens is 1. The van der Waals surface area contributed by atoms with Gasteiger partial charge in [0.15, 0.2) is 0 Å². The average Bonchev–Trinajstić information content (AvgIpc) is 2.58. The molecule has 0 aliphatic heterocycles. The lowest BCUT2D eigenvalue weighted by atomic mass is 9.92. The van der Waals surface area contributed by atoms with Crippen LogP contribution in [0.25, 0.3) is 0 Å². The summed E-state index contributed by atoms with van der Waals surface area (Å²) in [5.41, 5.74) is 5.79. The lowest BCUT2D eigenvalue weighted by Gasteiger charge is -2.25. The Hall–Kier alpha value is -0.680. The third-order valence-corrected chi connectivity index (χ3v) is 2.48. The lowest BCUT2D eigenvalue weighted by Crippen LogP contribution is -2.28. The van der Waals surface area contributed by atoms with Crippen molar-refractivity contribution >= 4 is 12.4 Å². The van der Waals surface area contributed by atoms with Crippen LogP contribution in [0.5, 0.6) is 0 Å². The van der Waals surface area contributed by atoms with Crippen LogP contribution < -0.4 is 5.73 Å². The molecule has 0 saturated heterocycles. The molecule has 0 spiro atoms. The Kier molecular flexibility index (Phi) is 3.62. The second kappa shape index (κ2) is 4.53. The van der Waals surface area contributed by atoms with E-state index in [0.717, 1.165) is 25.7 Å². The largest absolute Gasteiger partial charge is 0.328 e. The number of aromatic nitrogens is 4. The van der Waals surface area contributed by atoms with E-state index in [-0.39, 0.29) is 12.4 Å². The zero-order valence-electron chi connectivity index (χ0n) is 7.33. The number of hydrogen-bond donors (Lipinski definition) is 1. The first-order valence-corrected chi connectivity index (χ1v) is 4.34. The molecule has 0 radical (unpaired) electrons. The van der Waals surface area contributed by atoms with E-state index < -0.39 is 0 Å². The molecule has 0 bridgehead atoms. The van der Waals surface area contributed by atoms with Gasteiger partial charge >= 0.3 is 0 Å². The third-order valence-electron chi connectivity index (χ3n) is 2.48. The molecule has 1 aliphatic carbocycles. The Balaban J connectivity index is 0.000000845. The summed E-state index contributed by atoms with van der Waals surface area (Å²) in [6, 6.07) is 0.859. The molecule has 1 saturated carbocycles. The fourth-order valence-corrected chi connectivity index (χ4v) is 1.70. The normalized spacial score (nSPS) is 28.1. The van der Waals surface area contributed by atoms with Crippen LogP contribution in [0.4, 0.5) is 0 Å². The van der Waals surface area contributed by atoms with Gasteiger partial charge in [-0.25, -0.2) is 4.68 Å². The van der Waals surface area contributed by atoms with Crippen molar-refractivity contribution in [1.82, 2.24) is 20.2 Å². The Labute approximate surface area is 83.1 Å². The minimum Gasteiger partial charge on any atom is -0.328 e. The van der Waals surface area contributed by atoms with Crippen molar-refractivity contribution < 1.29 is 0 Å². The quantitative estimate of drug-likeness (QED) is 0.723. The maximum absolute atomic E-state index is 5.79. The highest BCUT2D eigenvalue weighted by molar-refractivity contribution is 5.85. The fourth-order valence-electron chi connectivity index (χ4n) is 1.70. The number of nitrogens with two attached hydrogens (primary N) is 1. The van der Waals surface area contributed by atoms with Gasteiger partial charge in [-0.2, -0.15) is 0 Å². The molecule has 2 N–H and O–H groups in total. The van der Waals surface area contributed by atoms with Crippen LogP contribution in [0, 0.1) is 0 Å². The van der Waals surface area contributed by atoms with Crippen LogP contribution in [0.2, 0.25) is 0 Å². The van der Waals surface area contributed by atoms with Crippen LogP contribution in [0.1, 0.15) is 31.7 Å². The predicted molar refractivity (Wildman–Crippen MR) is 50.5 cm³/mol. The van der Waals surface area contributed by atoms with E-state index in [1.807, 2.05) is 4.68 Å². The van der Waals surface area contributed by atoms with Crippen LogP contribution in [-0.4, -0.2) is 26.2 Å². The molecule has 0 amide bonds. The van der Waals surface area contributed by atoms with Crippen molar-refractivity contribution in [1.29, 1.82) is 0 Å². The minimum atomic E-state index is 0. The van der Waals surface area contributed by atoms with Crippen molar-refractivity contribution in [2.24, 2.45) is 5.73 Å². The molecule has 1 heterocycles. The molecule has 5 nitrogen and oxygen atoms in total. The van der Waals surface area contributed by atoms with Gasteiger partial charge in [-0.3, -0.25) is 0 Å². The first kappa shape index (κ1) is 10.4. The molecule has 1 aromatic heterocycles. The number of rotatable bonds is 1. The van der Waals surface area contributed by atoms with Crippen molar-refractivity contribution in [3.05, 3.63) is 6.33 Å². The molecule has 13 heavy (non-hydrogen) atoms. The van der Waals surface area contributed by atoms with Gasteiger partial charge in [-0.15, -0.1) is 17.5 Å². The van der Waals surface area contributed by atoms with E-state index in [1.165, 1.54) is 0 Å². The molecular weight excluding hydrogens is 190 g/mol. The number of tetrazole rings is 1. The summed E-state index contributed by atoms with van der Waals surface area (Å²) in [4.78, 5) is 0. The molecule has 0 aromatic carbocycles. The van der Waals surface area contributed by atoms with Crippen LogP contribution >= 0.6 is 12.4 Å². The van der Waals surface area contributed by atoms with Crippen molar-refractivity contribution in [2.75, 3.05) is 0 Å². The minimum absolute atomic E-state index is 0. The van der Waals surface area contributed by atoms with E-state index >= 15 is 0 Å². The van der Waals surface area contributed by atoms with Gasteiger partial charge in [0.25, 0.3) is 0 Å². The van der Waals surface area contributed by atoms with Gasteiger partial charge in [0.1, 0.15) is 6.33 Å². The van der Waals surface area contributed by atoms with Gasteiger partial charge in [0, 0.05) is 6.04 Å². The van der Waals surface area contributed by atoms with Crippen molar-refractivity contribution in [3.8, 4) is 0 Å². The zero-order valence-corrected chi connectivity index (χ0v) is 8.15. The maximum Gasteiger partial charge on any atom is 0.138 e. The van der Waals surface area contributed by atoms with E-state index in [2.05, 4.69) is 15.5 Å². The molecule has 1 fully saturated rings. The summed E-state index contributed by atoms with van der Waals surface area (Å²) in [6.45, 7) is 0. The van der Waals surface area contributed by atoms with Gasteiger partial charge in [0.2, 0.25) is 0 Å². The smallest absolute Gasteiger partial charge is 0.138 e. The Morgan fingerprint density at radius 2 is 1.92 bits per heavy atom. The van der Waals surface area contributed by atoms with Crippen molar-refractivity contribution in [3.63, 3.8) is 0 Å². The molecule has 0 atom stereocenters. The summed E-state index contributed by atoms with van der Waals surface area (Å²) in [7, 11) is 0. The topological polar surface area (TPSA) is 69.6 Å². The summed E-state index contributed by atoms with van der Waals surface area (Å²) in [6.07, 6.45) is 6.06. The first-order valence-electron chi connectivity index (χ1n) is 4.34. The third kappa shape index (κ3) is 2.38. The van der Waals surface area contributed by atoms with E-state index in [4.69, 9.17) is 5.73 Å². The second-order valence-electron chi connectivity index (χ2n) is 3.36. The van der Waals surface area contributed by atoms with Gasteiger partial charge < -0.3 is 5.73 Å². The zero-order chi connectivity index (χ0) is 8.39. The van der Waals surface area contributed by atoms with Gasteiger partial charge in [-0.1, -0.05) is 0 Å². The van der Waals surface area contributed by atoms with Crippen LogP contribution in [-0.2, 0) is 0 Å². The highest BCUT2D eigenvalue weighted by atomic mass is 35.5. The molecule has 6 heteroatoms. The molecule has 1 aliphatic rings. The monoisotopic (exact) mass is 203 g/mol. The molecule has 0 unspecified atom stereocenters. The molecule has 1 aromatic rings. The van der Waals surface area contributed by atoms with Crippen LogP contribution in [0.3, 0.4) is 0 Å².